The highest BCUT2D eigenvalue weighted by molar-refractivity contribution is 7.34. The minimum Gasteiger partial charge on any atom is -0.494 e. The molecule has 0 saturated carbocycles. The number of fused-ring (bicyclic) bond motifs is 2. The Kier molecular flexibility index (Phi) is 9.38. The number of methoxy groups -OCH3 is 2. The van der Waals surface area contributed by atoms with Crippen molar-refractivity contribution in [1.82, 2.24) is 30.6 Å². The third kappa shape index (κ3) is 6.79. The van der Waals surface area contributed by atoms with E-state index in [1.807, 2.05) is 36.4 Å². The fourth-order valence-corrected chi connectivity index (χ4v) is 6.35. The molecule has 15 nitrogen and oxygen atoms in total. The third-order valence-corrected chi connectivity index (χ3v) is 8.83. The Morgan fingerprint density at radius 3 is 1.50 bits per heavy atom. The van der Waals surface area contributed by atoms with Crippen molar-refractivity contribution < 1.29 is 32.7 Å². The first-order chi connectivity index (χ1) is 22.4. The van der Waals surface area contributed by atoms with E-state index < -0.39 is 20.4 Å². The van der Waals surface area contributed by atoms with E-state index in [9.17, 15) is 14.2 Å². The number of piperidine rings is 2. The number of aromatic nitrogens is 4. The highest BCUT2D eigenvalue weighted by Crippen LogP contribution is 2.32. The number of para-hydroxylation sites is 2. The van der Waals surface area contributed by atoms with Gasteiger partial charge in [0.15, 0.2) is 0 Å². The lowest BCUT2D eigenvalue weighted by atomic mass is 10.0. The molecule has 46 heavy (non-hydrogen) atoms. The molecule has 2 aromatic carbocycles. The highest BCUT2D eigenvalue weighted by atomic mass is 31.1. The number of nitrogens with one attached hydrogen (secondary N) is 2. The van der Waals surface area contributed by atoms with Gasteiger partial charge in [-0.25, -0.2) is 29.5 Å². The van der Waals surface area contributed by atoms with Gasteiger partial charge in [0.2, 0.25) is 0 Å². The number of hydrogen-bond donors (Lipinski definition) is 2. The van der Waals surface area contributed by atoms with Crippen LogP contribution in [0.2, 0.25) is 0 Å². The van der Waals surface area contributed by atoms with E-state index in [0.29, 0.717) is 63.4 Å². The summed E-state index contributed by atoms with van der Waals surface area (Å²) >= 11 is 0. The first-order valence-corrected chi connectivity index (χ1v) is 16.0. The second kappa shape index (κ2) is 13.9. The normalized spacial score (nSPS) is 15.8. The van der Waals surface area contributed by atoms with Crippen molar-refractivity contribution in [3.63, 3.8) is 0 Å². The van der Waals surface area contributed by atoms with Gasteiger partial charge in [0, 0.05) is 53.6 Å². The lowest BCUT2D eigenvalue weighted by Gasteiger charge is -2.33. The van der Waals surface area contributed by atoms with Gasteiger partial charge in [0.25, 0.3) is 0 Å². The molecule has 16 heteroatoms. The lowest BCUT2D eigenvalue weighted by molar-refractivity contribution is 0.174. The van der Waals surface area contributed by atoms with Gasteiger partial charge in [-0.05, 0) is 49.9 Å². The van der Waals surface area contributed by atoms with Crippen LogP contribution in [0.3, 0.4) is 0 Å². The summed E-state index contributed by atoms with van der Waals surface area (Å²) in [6.45, 7) is 2.50. The number of ether oxygens (including phenoxy) is 2. The molecule has 2 aliphatic heterocycles. The van der Waals surface area contributed by atoms with Crippen LogP contribution < -0.4 is 29.9 Å². The zero-order valence-corrected chi connectivity index (χ0v) is 26.3. The summed E-state index contributed by atoms with van der Waals surface area (Å²) in [5.41, 5.74) is 1.46. The van der Waals surface area contributed by atoms with Gasteiger partial charge in [0.1, 0.15) is 46.8 Å². The summed E-state index contributed by atoms with van der Waals surface area (Å²) < 4.78 is 32.8. The maximum atomic E-state index is 12.4. The Hall–Kier alpha value is -5.04. The molecule has 0 aliphatic carbocycles. The van der Waals surface area contributed by atoms with Gasteiger partial charge in [0.05, 0.1) is 14.2 Å². The van der Waals surface area contributed by atoms with Gasteiger partial charge < -0.3 is 29.9 Å². The Bertz CT molecular complexity index is 1620. The van der Waals surface area contributed by atoms with Gasteiger partial charge >= 0.3 is 20.4 Å². The molecule has 2 aromatic heterocycles. The second-order valence-corrected chi connectivity index (χ2v) is 11.7. The molecule has 0 unspecified atom stereocenters. The Morgan fingerprint density at radius 1 is 0.696 bits per heavy atom. The lowest BCUT2D eigenvalue weighted by Crippen LogP contribution is -2.45. The number of amides is 2. The van der Waals surface area contributed by atoms with Crippen LogP contribution in [0.1, 0.15) is 25.7 Å². The van der Waals surface area contributed by atoms with Crippen LogP contribution in [0.4, 0.5) is 21.2 Å². The Labute approximate surface area is 265 Å². The zero-order chi connectivity index (χ0) is 32.0. The van der Waals surface area contributed by atoms with Gasteiger partial charge in [-0.1, -0.05) is 12.1 Å². The molecule has 6 rings (SSSR count). The molecule has 4 heterocycles. The molecule has 2 fully saturated rings. The smallest absolute Gasteiger partial charge is 0.494 e. The summed E-state index contributed by atoms with van der Waals surface area (Å²) in [6.07, 6.45) is 3.64. The van der Waals surface area contributed by atoms with E-state index in [2.05, 4.69) is 40.4 Å². The van der Waals surface area contributed by atoms with Gasteiger partial charge in [-0.3, -0.25) is 0 Å². The molecular formula is C30H34N8O7P+. The summed E-state index contributed by atoms with van der Waals surface area (Å²) in [6, 6.07) is 11.0. The maximum Gasteiger partial charge on any atom is 0.815 e. The number of carbonyl (C=O) groups excluding carboxylic acids is 2. The molecule has 2 amide bonds. The largest absolute Gasteiger partial charge is 0.815 e. The van der Waals surface area contributed by atoms with Crippen molar-refractivity contribution in [3.05, 3.63) is 49.1 Å². The monoisotopic (exact) mass is 649 g/mol. The first kappa shape index (κ1) is 31.0. The van der Waals surface area contributed by atoms with Crippen molar-refractivity contribution >= 4 is 53.9 Å². The standard InChI is InChI=1S/C30H33N8O7P/c1-42-23-7-3-5-21-25(23)31-17-33-27(21)37-13-9-19(10-14-37)35-29(39)44-46(41)45-30(40)36-20-11-15-38(16-12-20)28-22-6-4-8-24(43-2)26(22)32-18-34-28/h3-8,17-20H,9-16H2,1-2H3,(H-,35,36,39,40)/p+1. The average Bonchev–Trinajstić information content (AvgIpc) is 3.07. The Balaban J connectivity index is 0.929. The van der Waals surface area contributed by atoms with Crippen LogP contribution in [0.5, 0.6) is 11.5 Å². The summed E-state index contributed by atoms with van der Waals surface area (Å²) in [5.74, 6) is 2.93. The van der Waals surface area contributed by atoms with Crippen LogP contribution in [-0.4, -0.2) is 84.6 Å². The van der Waals surface area contributed by atoms with E-state index in [-0.39, 0.29) is 12.1 Å². The van der Waals surface area contributed by atoms with Crippen molar-refractivity contribution in [2.75, 3.05) is 50.2 Å². The number of carbonyl (C=O) groups is 2. The SMILES string of the molecule is COc1cccc2c(N3CCC(NC(=O)O[P+](=O)OC(=O)NC4CCN(c5ncnc6c(OC)cccc56)CC4)CC3)ncnc12. The zero-order valence-electron chi connectivity index (χ0n) is 25.4. The van der Waals surface area contributed by atoms with Gasteiger partial charge in [-0.15, -0.1) is 0 Å². The second-order valence-electron chi connectivity index (χ2n) is 10.9. The third-order valence-electron chi connectivity index (χ3n) is 8.20. The predicted molar refractivity (Wildman–Crippen MR) is 169 cm³/mol. The molecule has 0 radical (unpaired) electrons. The van der Waals surface area contributed by atoms with Crippen LogP contribution in [0.25, 0.3) is 21.8 Å². The minimum absolute atomic E-state index is 0.207. The van der Waals surface area contributed by atoms with Crippen molar-refractivity contribution in [1.29, 1.82) is 0 Å². The number of benzene rings is 2. The molecule has 2 N–H and O–H groups in total. The topological polar surface area (TPSA) is 170 Å². The van der Waals surface area contributed by atoms with Crippen LogP contribution in [0, 0.1) is 0 Å². The predicted octanol–water partition coefficient (Wildman–Crippen LogP) is 4.34. The number of rotatable bonds is 8. The van der Waals surface area contributed by atoms with Crippen LogP contribution in [0.15, 0.2) is 49.1 Å². The van der Waals surface area contributed by atoms with E-state index in [1.165, 1.54) is 12.7 Å². The molecule has 240 valence electrons. The summed E-state index contributed by atoms with van der Waals surface area (Å²) in [5, 5.41) is 7.19. The number of anilines is 2. The minimum atomic E-state index is -3.01. The molecule has 0 bridgehead atoms. The fourth-order valence-electron chi connectivity index (χ4n) is 5.94. The van der Waals surface area contributed by atoms with E-state index in [0.717, 1.165) is 33.4 Å². The summed E-state index contributed by atoms with van der Waals surface area (Å²) in [4.78, 5) is 46.7. The number of hydrogen-bond acceptors (Lipinski definition) is 13. The van der Waals surface area contributed by atoms with Crippen molar-refractivity contribution in [3.8, 4) is 11.5 Å². The fraction of sp³-hybridized carbons (Fsp3) is 0.400. The van der Waals surface area contributed by atoms with E-state index in [4.69, 9.17) is 18.5 Å². The molecule has 2 saturated heterocycles. The maximum absolute atomic E-state index is 12.4. The summed E-state index contributed by atoms with van der Waals surface area (Å²) in [7, 11) is 0.198. The molecular weight excluding hydrogens is 615 g/mol. The molecule has 0 spiro atoms. The Morgan fingerprint density at radius 2 is 1.11 bits per heavy atom. The van der Waals surface area contributed by atoms with Crippen LogP contribution in [-0.2, 0) is 13.6 Å². The van der Waals surface area contributed by atoms with E-state index >= 15 is 0 Å². The first-order valence-electron chi connectivity index (χ1n) is 14.9. The average molecular weight is 650 g/mol. The van der Waals surface area contributed by atoms with Crippen LogP contribution >= 0.6 is 8.25 Å². The van der Waals surface area contributed by atoms with Gasteiger partial charge in [-0.2, -0.15) is 9.05 Å². The van der Waals surface area contributed by atoms with Crippen molar-refractivity contribution in [2.45, 2.75) is 37.8 Å². The van der Waals surface area contributed by atoms with E-state index in [1.54, 1.807) is 14.2 Å². The molecule has 0 atom stereocenters. The quantitative estimate of drug-likeness (QED) is 0.259. The van der Waals surface area contributed by atoms with Crippen molar-refractivity contribution in [2.24, 2.45) is 0 Å². The molecule has 2 aliphatic rings. The number of nitrogens with zero attached hydrogens (tertiary/aromatic N) is 6. The highest BCUT2D eigenvalue weighted by Gasteiger charge is 2.35. The molecule has 4 aromatic rings.